The van der Waals surface area contributed by atoms with Crippen molar-refractivity contribution in [3.63, 3.8) is 0 Å². The molecule has 2 saturated heterocycles. The van der Waals surface area contributed by atoms with Crippen molar-refractivity contribution < 1.29 is 33.9 Å². The number of carbonyl (C=O) groups excluding carboxylic acids is 2. The van der Waals surface area contributed by atoms with E-state index in [4.69, 9.17) is 14.3 Å². The zero-order valence-corrected chi connectivity index (χ0v) is 19.9. The van der Waals surface area contributed by atoms with E-state index in [1.165, 1.54) is 36.4 Å². The number of anilines is 2. The largest absolute Gasteiger partial charge is 0.504 e. The Morgan fingerprint density at radius 2 is 1.78 bits per heavy atom. The minimum absolute atomic E-state index is 0.103. The van der Waals surface area contributed by atoms with E-state index in [-0.39, 0.29) is 17.2 Å². The van der Waals surface area contributed by atoms with E-state index in [1.807, 2.05) is 6.92 Å². The second-order valence-corrected chi connectivity index (χ2v) is 8.47. The topological polar surface area (TPSA) is 132 Å². The van der Waals surface area contributed by atoms with Gasteiger partial charge in [-0.05, 0) is 55.0 Å². The van der Waals surface area contributed by atoms with Gasteiger partial charge in [-0.25, -0.2) is 9.96 Å². The molecule has 0 spiro atoms. The van der Waals surface area contributed by atoms with Crippen molar-refractivity contribution in [3.8, 4) is 17.2 Å². The Morgan fingerprint density at radius 1 is 1.03 bits per heavy atom. The van der Waals surface area contributed by atoms with Gasteiger partial charge in [-0.2, -0.15) is 0 Å². The van der Waals surface area contributed by atoms with E-state index in [9.17, 15) is 24.8 Å². The molecule has 0 aliphatic carbocycles. The highest BCUT2D eigenvalue weighted by atomic mass is 16.7. The molecule has 0 saturated carbocycles. The lowest BCUT2D eigenvalue weighted by Gasteiger charge is -2.29. The van der Waals surface area contributed by atoms with Crippen LogP contribution in [-0.2, 0) is 14.4 Å². The number of methoxy groups -OCH3 is 1. The first kappa shape index (κ1) is 24.1. The summed E-state index contributed by atoms with van der Waals surface area (Å²) in [7, 11) is 1.39. The molecule has 11 heteroatoms. The molecule has 11 nitrogen and oxygen atoms in total. The van der Waals surface area contributed by atoms with Gasteiger partial charge in [-0.15, -0.1) is 0 Å². The van der Waals surface area contributed by atoms with E-state index < -0.39 is 34.8 Å². The van der Waals surface area contributed by atoms with Gasteiger partial charge in [0, 0.05) is 12.1 Å². The first-order valence-electron chi connectivity index (χ1n) is 11.5. The molecule has 0 radical (unpaired) electrons. The van der Waals surface area contributed by atoms with E-state index in [0.29, 0.717) is 29.3 Å². The molecule has 0 unspecified atom stereocenters. The summed E-state index contributed by atoms with van der Waals surface area (Å²) >= 11 is 0. The van der Waals surface area contributed by atoms with Crippen LogP contribution in [0.5, 0.6) is 17.2 Å². The predicted octanol–water partition coefficient (Wildman–Crippen LogP) is 3.76. The maximum Gasteiger partial charge on any atom is 0.271 e. The van der Waals surface area contributed by atoms with Crippen LogP contribution < -0.4 is 19.4 Å². The second-order valence-electron chi connectivity index (χ2n) is 8.47. The van der Waals surface area contributed by atoms with Crippen LogP contribution in [0.2, 0.25) is 0 Å². The van der Waals surface area contributed by atoms with E-state index in [0.717, 1.165) is 4.90 Å². The molecular weight excluding hydrogens is 482 g/mol. The molecule has 2 aliphatic rings. The molecule has 5 rings (SSSR count). The number of non-ortho nitro benzene ring substituents is 1. The van der Waals surface area contributed by atoms with Crippen LogP contribution in [0, 0.1) is 16.0 Å². The van der Waals surface area contributed by atoms with Crippen molar-refractivity contribution in [3.05, 3.63) is 82.4 Å². The number of hydrogen-bond donors (Lipinski definition) is 1. The number of nitro groups is 1. The third-order valence-corrected chi connectivity index (χ3v) is 6.36. The number of nitro benzene ring substituents is 1. The van der Waals surface area contributed by atoms with Crippen molar-refractivity contribution in [2.45, 2.75) is 19.1 Å². The summed E-state index contributed by atoms with van der Waals surface area (Å²) < 4.78 is 10.7. The zero-order chi connectivity index (χ0) is 26.3. The minimum atomic E-state index is -1.16. The highest BCUT2D eigenvalue weighted by molar-refractivity contribution is 6.24. The lowest BCUT2D eigenvalue weighted by molar-refractivity contribution is -0.384. The number of fused-ring (bicyclic) bond motifs is 1. The first-order valence-corrected chi connectivity index (χ1v) is 11.5. The second kappa shape index (κ2) is 9.43. The highest BCUT2D eigenvalue weighted by Gasteiger charge is 2.60. The average Bonchev–Trinajstić information content (AvgIpc) is 3.41. The van der Waals surface area contributed by atoms with Crippen LogP contribution in [0.15, 0.2) is 66.7 Å². The number of phenolic OH excluding ortho intramolecular Hbond substituents is 1. The maximum atomic E-state index is 13.7. The van der Waals surface area contributed by atoms with Gasteiger partial charge < -0.3 is 14.6 Å². The van der Waals surface area contributed by atoms with Gasteiger partial charge in [-0.3, -0.25) is 24.5 Å². The van der Waals surface area contributed by atoms with Crippen molar-refractivity contribution in [1.29, 1.82) is 0 Å². The number of benzene rings is 3. The molecule has 3 atom stereocenters. The minimum Gasteiger partial charge on any atom is -0.504 e. The number of phenols is 1. The molecule has 0 bridgehead atoms. The SMILES string of the molecule is CCOc1ccc(N2C(=O)[C@@H]3[C@@H](c4ccc(O)c(OC)c4)N(c4cccc([N+](=O)[O-])c4)O[C@H]3C2=O)cc1. The summed E-state index contributed by atoms with van der Waals surface area (Å²) in [6.45, 7) is 2.33. The summed E-state index contributed by atoms with van der Waals surface area (Å²) in [5.74, 6) is -1.33. The molecule has 2 amide bonds. The summed E-state index contributed by atoms with van der Waals surface area (Å²) in [4.78, 5) is 45.2. The molecule has 2 fully saturated rings. The average molecular weight is 505 g/mol. The van der Waals surface area contributed by atoms with Gasteiger partial charge in [0.05, 0.1) is 36.1 Å². The van der Waals surface area contributed by atoms with Crippen LogP contribution in [-0.4, -0.2) is 41.7 Å². The van der Waals surface area contributed by atoms with Gasteiger partial charge in [-0.1, -0.05) is 12.1 Å². The van der Waals surface area contributed by atoms with Crippen LogP contribution in [0.3, 0.4) is 0 Å². The Morgan fingerprint density at radius 3 is 2.46 bits per heavy atom. The van der Waals surface area contributed by atoms with Crippen LogP contribution in [0.1, 0.15) is 18.5 Å². The molecule has 1 N–H and O–H groups in total. The molecule has 190 valence electrons. The van der Waals surface area contributed by atoms with E-state index in [2.05, 4.69) is 0 Å². The number of hydroxylamine groups is 1. The standard InChI is InChI=1S/C26H23N3O8/c1-3-36-19-10-8-16(9-11-19)27-25(31)22-23(15-7-12-20(30)21(13-15)35-2)28(37-24(22)26(27)32)17-5-4-6-18(14-17)29(33)34/h4-14,22-24,30H,3H2,1-2H3/t22-,23-,24-/m1/s1. The number of ether oxygens (including phenoxy) is 2. The van der Waals surface area contributed by atoms with E-state index >= 15 is 0 Å². The Kier molecular flexibility index (Phi) is 6.14. The fraction of sp³-hybridized carbons (Fsp3) is 0.231. The summed E-state index contributed by atoms with van der Waals surface area (Å²) in [5, 5.41) is 22.8. The Balaban J connectivity index is 1.57. The third-order valence-electron chi connectivity index (χ3n) is 6.36. The number of hydrogen-bond acceptors (Lipinski definition) is 9. The highest BCUT2D eigenvalue weighted by Crippen LogP contribution is 2.49. The van der Waals surface area contributed by atoms with Gasteiger partial charge >= 0.3 is 0 Å². The number of amides is 2. The number of carbonyl (C=O) groups is 2. The van der Waals surface area contributed by atoms with Crippen LogP contribution in [0.25, 0.3) is 0 Å². The smallest absolute Gasteiger partial charge is 0.271 e. The summed E-state index contributed by atoms with van der Waals surface area (Å²) in [6.07, 6.45) is -1.16. The third kappa shape index (κ3) is 4.08. The summed E-state index contributed by atoms with van der Waals surface area (Å²) in [6, 6.07) is 16.0. The lowest BCUT2D eigenvalue weighted by atomic mass is 9.90. The fourth-order valence-corrected chi connectivity index (χ4v) is 4.71. The maximum absolute atomic E-state index is 13.7. The molecular formula is C26H23N3O8. The van der Waals surface area contributed by atoms with Crippen LogP contribution >= 0.6 is 0 Å². The number of aromatic hydroxyl groups is 1. The van der Waals surface area contributed by atoms with Crippen molar-refractivity contribution >= 4 is 28.9 Å². The quantitative estimate of drug-likeness (QED) is 0.290. The lowest BCUT2D eigenvalue weighted by Crippen LogP contribution is -2.37. The molecule has 2 heterocycles. The molecule has 3 aromatic rings. The van der Waals surface area contributed by atoms with Gasteiger partial charge in [0.1, 0.15) is 11.7 Å². The number of imide groups is 1. The fourth-order valence-electron chi connectivity index (χ4n) is 4.71. The van der Waals surface area contributed by atoms with E-state index in [1.54, 1.807) is 42.5 Å². The Hall–Kier alpha value is -4.64. The zero-order valence-electron chi connectivity index (χ0n) is 19.9. The number of nitrogens with zero attached hydrogens (tertiary/aromatic N) is 3. The Bertz CT molecular complexity index is 1380. The van der Waals surface area contributed by atoms with Crippen molar-refractivity contribution in [1.82, 2.24) is 0 Å². The number of rotatable bonds is 7. The Labute approximate surface area is 211 Å². The van der Waals surface area contributed by atoms with Crippen LogP contribution in [0.4, 0.5) is 17.1 Å². The van der Waals surface area contributed by atoms with Gasteiger partial charge in [0.15, 0.2) is 17.6 Å². The molecule has 2 aliphatic heterocycles. The molecule has 0 aromatic heterocycles. The monoisotopic (exact) mass is 505 g/mol. The molecule has 37 heavy (non-hydrogen) atoms. The van der Waals surface area contributed by atoms with Gasteiger partial charge in [0.2, 0.25) is 5.91 Å². The molecule has 3 aromatic carbocycles. The van der Waals surface area contributed by atoms with Crippen molar-refractivity contribution in [2.24, 2.45) is 5.92 Å². The van der Waals surface area contributed by atoms with Gasteiger partial charge in [0.25, 0.3) is 11.6 Å². The van der Waals surface area contributed by atoms with Crippen molar-refractivity contribution in [2.75, 3.05) is 23.7 Å². The summed E-state index contributed by atoms with van der Waals surface area (Å²) in [5.41, 5.74) is 1.02. The normalized spacial score (nSPS) is 20.8. The first-order chi connectivity index (χ1) is 17.8. The predicted molar refractivity (Wildman–Crippen MR) is 131 cm³/mol.